The first-order valence-electron chi connectivity index (χ1n) is 14.0. The van der Waals surface area contributed by atoms with Crippen LogP contribution in [0.5, 0.6) is 5.75 Å². The lowest BCUT2D eigenvalue weighted by Gasteiger charge is -2.37. The van der Waals surface area contributed by atoms with Crippen molar-refractivity contribution in [3.63, 3.8) is 0 Å². The van der Waals surface area contributed by atoms with E-state index in [9.17, 15) is 5.11 Å². The average Bonchev–Trinajstić information content (AvgIpc) is 2.64. The Morgan fingerprint density at radius 2 is 1.06 bits per heavy atom. The molecule has 0 atom stereocenters. The molecule has 0 saturated heterocycles. The van der Waals surface area contributed by atoms with E-state index in [2.05, 4.69) is 128 Å². The number of rotatable bonds is 4. The molecule has 1 N–H and O–H groups in total. The Balaban J connectivity index is 2.67. The van der Waals surface area contributed by atoms with Crippen molar-refractivity contribution >= 4 is 14.7 Å². The summed E-state index contributed by atoms with van der Waals surface area (Å²) in [6.07, 6.45) is 1.08. The van der Waals surface area contributed by atoms with Crippen LogP contribution in [0.2, 0.25) is 6.04 Å². The Morgan fingerprint density at radius 1 is 0.583 bits per heavy atom. The fraction of sp³-hybridized carbons (Fsp3) is 0.647. The van der Waals surface area contributed by atoms with Gasteiger partial charge in [0.15, 0.2) is 0 Å². The van der Waals surface area contributed by atoms with E-state index in [1.807, 2.05) is 0 Å². The van der Waals surface area contributed by atoms with Crippen molar-refractivity contribution in [3.05, 3.63) is 57.6 Å². The molecule has 0 spiro atoms. The van der Waals surface area contributed by atoms with Gasteiger partial charge in [0, 0.05) is 5.56 Å². The molecule has 0 aromatic heterocycles. The fourth-order valence-corrected chi connectivity index (χ4v) is 8.18. The van der Waals surface area contributed by atoms with E-state index in [4.69, 9.17) is 0 Å². The van der Waals surface area contributed by atoms with Crippen molar-refractivity contribution in [2.45, 2.75) is 143 Å². The molecule has 0 aliphatic rings. The molecule has 0 aliphatic heterocycles. The van der Waals surface area contributed by atoms with Crippen LogP contribution in [0.1, 0.15) is 137 Å². The van der Waals surface area contributed by atoms with Crippen molar-refractivity contribution < 1.29 is 5.11 Å². The van der Waals surface area contributed by atoms with E-state index in [1.165, 1.54) is 28.3 Å². The highest BCUT2D eigenvalue weighted by Gasteiger charge is 2.34. The summed E-state index contributed by atoms with van der Waals surface area (Å²) in [7, 11) is -0.482. The predicted octanol–water partition coefficient (Wildman–Crippen LogP) is 8.33. The van der Waals surface area contributed by atoms with E-state index < -0.39 is 9.52 Å². The largest absolute Gasteiger partial charge is 0.508 e. The molecule has 0 bridgehead atoms. The number of phenols is 1. The summed E-state index contributed by atoms with van der Waals surface area (Å²) >= 11 is 0. The number of hydrogen-bond acceptors (Lipinski definition) is 1. The molecule has 0 fully saturated rings. The first-order chi connectivity index (χ1) is 16.0. The van der Waals surface area contributed by atoms with Gasteiger partial charge in [-0.2, -0.15) is 0 Å². The van der Waals surface area contributed by atoms with E-state index >= 15 is 0 Å². The Labute approximate surface area is 226 Å². The van der Waals surface area contributed by atoms with Gasteiger partial charge in [0.25, 0.3) is 0 Å². The summed E-state index contributed by atoms with van der Waals surface area (Å²) in [6, 6.07) is 10.4. The maximum Gasteiger partial charge on any atom is 0.119 e. The Bertz CT molecular complexity index is 1070. The van der Waals surface area contributed by atoms with Gasteiger partial charge in [0.2, 0.25) is 0 Å². The summed E-state index contributed by atoms with van der Waals surface area (Å²) in [4.78, 5) is 0. The summed E-state index contributed by atoms with van der Waals surface area (Å²) in [5.41, 5.74) is 8.48. The number of benzene rings is 2. The SMILES string of the molecule is CC(C)(C)c1cc(O)c(C(C)(C)C)c(C(C)(C)C)c1CC[SiH2]c1cccc(C(C)(C)C)c1C(C)(C)C. The van der Waals surface area contributed by atoms with Gasteiger partial charge in [-0.1, -0.05) is 133 Å². The average molecular weight is 509 g/mol. The highest BCUT2D eigenvalue weighted by molar-refractivity contribution is 6.54. The molecule has 0 aliphatic carbocycles. The van der Waals surface area contributed by atoms with Crippen molar-refractivity contribution in [2.75, 3.05) is 0 Å². The second kappa shape index (κ2) is 9.97. The highest BCUT2D eigenvalue weighted by atomic mass is 28.2. The molecular formula is C34H56OSi. The minimum atomic E-state index is -0.482. The third-order valence-electron chi connectivity index (χ3n) is 7.30. The van der Waals surface area contributed by atoms with Gasteiger partial charge in [-0.25, -0.2) is 0 Å². The molecule has 202 valence electrons. The van der Waals surface area contributed by atoms with Crippen LogP contribution in [0.4, 0.5) is 0 Å². The topological polar surface area (TPSA) is 20.2 Å². The Morgan fingerprint density at radius 3 is 1.47 bits per heavy atom. The van der Waals surface area contributed by atoms with Crippen LogP contribution in [-0.2, 0) is 33.5 Å². The first-order valence-corrected chi connectivity index (χ1v) is 15.7. The molecule has 0 unspecified atom stereocenters. The second-order valence-electron chi connectivity index (χ2n) is 16.1. The summed E-state index contributed by atoms with van der Waals surface area (Å²) in [5, 5.41) is 12.9. The van der Waals surface area contributed by atoms with Gasteiger partial charge in [-0.15, -0.1) is 0 Å². The zero-order valence-corrected chi connectivity index (χ0v) is 27.8. The maximum atomic E-state index is 11.3. The van der Waals surface area contributed by atoms with Crippen molar-refractivity contribution in [3.8, 4) is 5.75 Å². The van der Waals surface area contributed by atoms with Crippen LogP contribution in [0, 0.1) is 0 Å². The van der Waals surface area contributed by atoms with Crippen LogP contribution < -0.4 is 5.19 Å². The van der Waals surface area contributed by atoms with E-state index in [0.29, 0.717) is 5.75 Å². The Hall–Kier alpha value is -1.54. The molecule has 0 amide bonds. The van der Waals surface area contributed by atoms with E-state index in [1.54, 1.807) is 10.8 Å². The number of phenolic OH excluding ortho intramolecular Hbond substituents is 1. The van der Waals surface area contributed by atoms with Gasteiger partial charge in [-0.05, 0) is 67.4 Å². The van der Waals surface area contributed by atoms with Gasteiger partial charge < -0.3 is 5.11 Å². The van der Waals surface area contributed by atoms with Gasteiger partial charge in [-0.3, -0.25) is 0 Å². The predicted molar refractivity (Wildman–Crippen MR) is 165 cm³/mol. The zero-order chi connectivity index (χ0) is 28.1. The van der Waals surface area contributed by atoms with Crippen LogP contribution in [-0.4, -0.2) is 14.6 Å². The normalized spacial score (nSPS) is 14.2. The monoisotopic (exact) mass is 508 g/mol. The lowest BCUT2D eigenvalue weighted by atomic mass is 9.68. The van der Waals surface area contributed by atoms with Crippen molar-refractivity contribution in [1.29, 1.82) is 0 Å². The van der Waals surface area contributed by atoms with Crippen molar-refractivity contribution in [1.82, 2.24) is 0 Å². The summed E-state index contributed by atoms with van der Waals surface area (Å²) in [5.74, 6) is 0.464. The molecule has 0 radical (unpaired) electrons. The molecule has 2 aromatic carbocycles. The molecule has 2 rings (SSSR count). The zero-order valence-electron chi connectivity index (χ0n) is 26.4. The standard InChI is InChI=1S/C34H56OSi/c1-30(2,3)23-17-16-18-26(28(23)33(10,11)12)36-20-19-22-24(31(4,5)6)21-25(35)29(34(13,14)15)27(22)32(7,8)9/h16-18,21,35H,19-20,36H2,1-15H3. The quantitative estimate of drug-likeness (QED) is 0.411. The van der Waals surface area contributed by atoms with Crippen LogP contribution in [0.15, 0.2) is 24.3 Å². The number of aromatic hydroxyl groups is 1. The van der Waals surface area contributed by atoms with Crippen LogP contribution in [0.3, 0.4) is 0 Å². The molecule has 1 nitrogen and oxygen atoms in total. The molecule has 36 heavy (non-hydrogen) atoms. The van der Waals surface area contributed by atoms with Gasteiger partial charge in [0.05, 0.1) is 9.52 Å². The minimum Gasteiger partial charge on any atom is -0.508 e. The van der Waals surface area contributed by atoms with Crippen molar-refractivity contribution in [2.24, 2.45) is 0 Å². The third-order valence-corrected chi connectivity index (χ3v) is 9.14. The minimum absolute atomic E-state index is 0.0203. The van der Waals surface area contributed by atoms with Gasteiger partial charge >= 0.3 is 0 Å². The van der Waals surface area contributed by atoms with Crippen LogP contribution >= 0.6 is 0 Å². The number of hydrogen-bond donors (Lipinski definition) is 1. The fourth-order valence-electron chi connectivity index (χ4n) is 6.00. The molecule has 2 heteroatoms. The lowest BCUT2D eigenvalue weighted by Crippen LogP contribution is -2.33. The first kappa shape index (κ1) is 30.7. The highest BCUT2D eigenvalue weighted by Crippen LogP contribution is 2.45. The molecule has 0 saturated carbocycles. The van der Waals surface area contributed by atoms with E-state index in [-0.39, 0.29) is 27.1 Å². The summed E-state index contributed by atoms with van der Waals surface area (Å²) < 4.78 is 0. The Kier molecular flexibility index (Phi) is 8.50. The lowest BCUT2D eigenvalue weighted by molar-refractivity contribution is 0.428. The third kappa shape index (κ3) is 6.85. The van der Waals surface area contributed by atoms with Gasteiger partial charge in [0.1, 0.15) is 5.75 Å². The molecular weight excluding hydrogens is 452 g/mol. The second-order valence-corrected chi connectivity index (χ2v) is 18.1. The van der Waals surface area contributed by atoms with Crippen LogP contribution in [0.25, 0.3) is 0 Å². The summed E-state index contributed by atoms with van der Waals surface area (Å²) in [6.45, 7) is 34.7. The smallest absolute Gasteiger partial charge is 0.119 e. The molecule has 0 heterocycles. The maximum absolute atomic E-state index is 11.3. The molecule has 2 aromatic rings. The van der Waals surface area contributed by atoms with E-state index in [0.717, 1.165) is 12.0 Å².